The van der Waals surface area contributed by atoms with E-state index in [1.54, 1.807) is 0 Å². The van der Waals surface area contributed by atoms with Gasteiger partial charge in [-0.3, -0.25) is 4.79 Å². The van der Waals surface area contributed by atoms with Gasteiger partial charge in [0, 0.05) is 19.0 Å². The monoisotopic (exact) mass is 229 g/mol. The highest BCUT2D eigenvalue weighted by Crippen LogP contribution is 2.14. The topological polar surface area (TPSA) is 58.4 Å². The third kappa shape index (κ3) is 6.80. The van der Waals surface area contributed by atoms with Gasteiger partial charge in [-0.15, -0.1) is 0 Å². The fourth-order valence-corrected chi connectivity index (χ4v) is 1.79. The SMILES string of the molecule is CC(CCN)C(=O)NCC(C)(C)CN(C)C. The lowest BCUT2D eigenvalue weighted by Crippen LogP contribution is -2.41. The molecule has 4 heteroatoms. The van der Waals surface area contributed by atoms with E-state index < -0.39 is 0 Å². The average Bonchev–Trinajstić information content (AvgIpc) is 2.12. The Bertz CT molecular complexity index is 214. The molecule has 1 atom stereocenters. The predicted molar refractivity (Wildman–Crippen MR) is 68.2 cm³/mol. The molecule has 3 N–H and O–H groups in total. The van der Waals surface area contributed by atoms with E-state index in [0.717, 1.165) is 13.0 Å². The molecular formula is C12H27N3O. The Hall–Kier alpha value is -0.610. The van der Waals surface area contributed by atoms with Gasteiger partial charge >= 0.3 is 0 Å². The van der Waals surface area contributed by atoms with E-state index in [1.807, 2.05) is 21.0 Å². The van der Waals surface area contributed by atoms with Crippen LogP contribution in [0.15, 0.2) is 0 Å². The maximum absolute atomic E-state index is 11.7. The molecule has 0 aromatic carbocycles. The largest absolute Gasteiger partial charge is 0.355 e. The van der Waals surface area contributed by atoms with Crippen LogP contribution in [0.5, 0.6) is 0 Å². The second kappa shape index (κ2) is 6.86. The lowest BCUT2D eigenvalue weighted by atomic mass is 9.92. The van der Waals surface area contributed by atoms with E-state index in [4.69, 9.17) is 5.73 Å². The molecule has 0 saturated heterocycles. The van der Waals surface area contributed by atoms with Crippen molar-refractivity contribution in [3.63, 3.8) is 0 Å². The maximum Gasteiger partial charge on any atom is 0.222 e. The molecule has 1 amide bonds. The number of nitrogens with two attached hydrogens (primary N) is 1. The Morgan fingerprint density at radius 2 is 2.00 bits per heavy atom. The summed E-state index contributed by atoms with van der Waals surface area (Å²) in [4.78, 5) is 13.8. The first-order valence-electron chi connectivity index (χ1n) is 5.91. The molecule has 0 heterocycles. The first-order valence-corrected chi connectivity index (χ1v) is 5.91. The Labute approximate surface area is 99.6 Å². The normalized spacial score (nSPS) is 13.9. The molecule has 4 nitrogen and oxygen atoms in total. The molecule has 0 radical (unpaired) electrons. The van der Waals surface area contributed by atoms with Crippen molar-refractivity contribution in [2.75, 3.05) is 33.7 Å². The number of hydrogen-bond acceptors (Lipinski definition) is 3. The van der Waals surface area contributed by atoms with Gasteiger partial charge in [0.05, 0.1) is 0 Å². The van der Waals surface area contributed by atoms with E-state index in [9.17, 15) is 4.79 Å². The molecule has 1 unspecified atom stereocenters. The van der Waals surface area contributed by atoms with E-state index >= 15 is 0 Å². The standard InChI is InChI=1S/C12H27N3O/c1-10(6-7-13)11(16)14-8-12(2,3)9-15(4)5/h10H,6-9,13H2,1-5H3,(H,14,16). The lowest BCUT2D eigenvalue weighted by Gasteiger charge is -2.29. The quantitative estimate of drug-likeness (QED) is 0.675. The van der Waals surface area contributed by atoms with Crippen LogP contribution in [0.4, 0.5) is 0 Å². The van der Waals surface area contributed by atoms with E-state index in [-0.39, 0.29) is 17.2 Å². The average molecular weight is 229 g/mol. The number of rotatable bonds is 7. The zero-order valence-electron chi connectivity index (χ0n) is 11.3. The second-order valence-electron chi connectivity index (χ2n) is 5.60. The van der Waals surface area contributed by atoms with Crippen molar-refractivity contribution in [1.82, 2.24) is 10.2 Å². The molecule has 0 spiro atoms. The van der Waals surface area contributed by atoms with Gasteiger partial charge in [-0.25, -0.2) is 0 Å². The predicted octanol–water partition coefficient (Wildman–Crippen LogP) is 0.675. The van der Waals surface area contributed by atoms with Gasteiger partial charge in [0.15, 0.2) is 0 Å². The van der Waals surface area contributed by atoms with Crippen molar-refractivity contribution in [3.8, 4) is 0 Å². The Morgan fingerprint density at radius 3 is 2.44 bits per heavy atom. The van der Waals surface area contributed by atoms with Crippen LogP contribution < -0.4 is 11.1 Å². The highest BCUT2D eigenvalue weighted by atomic mass is 16.1. The van der Waals surface area contributed by atoms with Crippen molar-refractivity contribution >= 4 is 5.91 Å². The summed E-state index contributed by atoms with van der Waals surface area (Å²) in [6.45, 7) is 8.45. The van der Waals surface area contributed by atoms with Crippen LogP contribution in [-0.4, -0.2) is 44.5 Å². The van der Waals surface area contributed by atoms with Gasteiger partial charge in [-0.1, -0.05) is 20.8 Å². The molecule has 0 saturated carbocycles. The Balaban J connectivity index is 3.99. The third-order valence-electron chi connectivity index (χ3n) is 2.53. The minimum absolute atomic E-state index is 0.0140. The van der Waals surface area contributed by atoms with Crippen molar-refractivity contribution < 1.29 is 4.79 Å². The first kappa shape index (κ1) is 15.4. The molecule has 0 aliphatic carbocycles. The summed E-state index contributed by atoms with van der Waals surface area (Å²) in [6.07, 6.45) is 0.750. The van der Waals surface area contributed by atoms with Crippen molar-refractivity contribution in [2.24, 2.45) is 17.1 Å². The Kier molecular flexibility index (Phi) is 6.60. The molecule has 0 aliphatic rings. The lowest BCUT2D eigenvalue weighted by molar-refractivity contribution is -0.125. The number of carbonyl (C=O) groups is 1. The summed E-state index contributed by atoms with van der Waals surface area (Å²) >= 11 is 0. The van der Waals surface area contributed by atoms with Gasteiger partial charge in [-0.2, -0.15) is 0 Å². The second-order valence-corrected chi connectivity index (χ2v) is 5.60. The molecule has 0 bridgehead atoms. The van der Waals surface area contributed by atoms with Crippen molar-refractivity contribution in [2.45, 2.75) is 27.2 Å². The van der Waals surface area contributed by atoms with Crippen molar-refractivity contribution in [3.05, 3.63) is 0 Å². The molecule has 0 rings (SSSR count). The van der Waals surface area contributed by atoms with E-state index in [2.05, 4.69) is 24.1 Å². The first-order chi connectivity index (χ1) is 7.28. The van der Waals surface area contributed by atoms with Gasteiger partial charge < -0.3 is 16.0 Å². The summed E-state index contributed by atoms with van der Waals surface area (Å²) < 4.78 is 0. The highest BCUT2D eigenvalue weighted by molar-refractivity contribution is 5.78. The van der Waals surface area contributed by atoms with Gasteiger partial charge in [-0.05, 0) is 32.5 Å². The summed E-state index contributed by atoms with van der Waals surface area (Å²) in [5.41, 5.74) is 5.53. The zero-order valence-corrected chi connectivity index (χ0v) is 11.3. The van der Waals surface area contributed by atoms with Crippen LogP contribution in [0.3, 0.4) is 0 Å². The van der Waals surface area contributed by atoms with Crippen LogP contribution >= 0.6 is 0 Å². The van der Waals surface area contributed by atoms with Gasteiger partial charge in [0.25, 0.3) is 0 Å². The van der Waals surface area contributed by atoms with Crippen LogP contribution in [0.2, 0.25) is 0 Å². The van der Waals surface area contributed by atoms with Gasteiger partial charge in [0.2, 0.25) is 5.91 Å². The fraction of sp³-hybridized carbons (Fsp3) is 0.917. The highest BCUT2D eigenvalue weighted by Gasteiger charge is 2.21. The molecular weight excluding hydrogens is 202 g/mol. The minimum atomic E-state index is 0.0140. The molecule has 16 heavy (non-hydrogen) atoms. The number of carbonyl (C=O) groups excluding carboxylic acids is 1. The summed E-state index contributed by atoms with van der Waals surface area (Å²) in [7, 11) is 4.08. The minimum Gasteiger partial charge on any atom is -0.355 e. The van der Waals surface area contributed by atoms with Crippen LogP contribution in [0.25, 0.3) is 0 Å². The van der Waals surface area contributed by atoms with Crippen LogP contribution in [0, 0.1) is 11.3 Å². The molecule has 96 valence electrons. The maximum atomic E-state index is 11.7. The molecule has 0 aromatic heterocycles. The third-order valence-corrected chi connectivity index (χ3v) is 2.53. The number of nitrogens with zero attached hydrogens (tertiary/aromatic N) is 1. The zero-order chi connectivity index (χ0) is 12.8. The number of amides is 1. The van der Waals surface area contributed by atoms with Crippen LogP contribution in [0.1, 0.15) is 27.2 Å². The summed E-state index contributed by atoms with van der Waals surface area (Å²) in [6, 6.07) is 0. The summed E-state index contributed by atoms with van der Waals surface area (Å²) in [5.74, 6) is 0.123. The van der Waals surface area contributed by atoms with E-state index in [1.165, 1.54) is 0 Å². The molecule has 0 aromatic rings. The van der Waals surface area contributed by atoms with Crippen molar-refractivity contribution in [1.29, 1.82) is 0 Å². The smallest absolute Gasteiger partial charge is 0.222 e. The fourth-order valence-electron chi connectivity index (χ4n) is 1.79. The molecule has 0 fully saturated rings. The number of nitrogens with one attached hydrogen (secondary N) is 1. The Morgan fingerprint density at radius 1 is 1.44 bits per heavy atom. The van der Waals surface area contributed by atoms with Gasteiger partial charge in [0.1, 0.15) is 0 Å². The molecule has 0 aliphatic heterocycles. The number of hydrogen-bond donors (Lipinski definition) is 2. The van der Waals surface area contributed by atoms with E-state index in [0.29, 0.717) is 13.1 Å². The summed E-state index contributed by atoms with van der Waals surface area (Å²) in [5, 5.41) is 2.99. The van der Waals surface area contributed by atoms with Crippen LogP contribution in [-0.2, 0) is 4.79 Å².